The molecule has 0 amide bonds. The summed E-state index contributed by atoms with van der Waals surface area (Å²) in [6, 6.07) is 0. The van der Waals surface area contributed by atoms with Crippen LogP contribution in [0, 0.1) is 0 Å². The molecule has 17 heavy (non-hydrogen) atoms. The fourth-order valence-corrected chi connectivity index (χ4v) is 1.47. The molecule has 0 aromatic carbocycles. The van der Waals surface area contributed by atoms with Gasteiger partial charge >= 0.3 is 0 Å². The van der Waals surface area contributed by atoms with Crippen LogP contribution in [0.5, 0.6) is 0 Å². The van der Waals surface area contributed by atoms with Crippen molar-refractivity contribution in [2.45, 2.75) is 52.8 Å². The zero-order chi connectivity index (χ0) is 12.7. The van der Waals surface area contributed by atoms with E-state index in [0.29, 0.717) is 6.61 Å². The molecule has 1 heterocycles. The summed E-state index contributed by atoms with van der Waals surface area (Å²) < 4.78 is 7.60. The zero-order valence-electron chi connectivity index (χ0n) is 11.5. The maximum Gasteiger partial charge on any atom is 0.0669 e. The molecule has 0 aliphatic rings. The van der Waals surface area contributed by atoms with Gasteiger partial charge in [0.25, 0.3) is 0 Å². The highest BCUT2D eigenvalue weighted by Gasteiger charge is 2.09. The molecular formula is C13H25N3O. The molecule has 4 heteroatoms. The van der Waals surface area contributed by atoms with Crippen LogP contribution in [0.2, 0.25) is 0 Å². The summed E-state index contributed by atoms with van der Waals surface area (Å²) in [5.41, 5.74) is 1.16. The standard InChI is InChI=1S/C13H25N3O/c1-5-6-14-9-12-10-15-16(11-12)7-8-17-13(2,3)4/h10-11,14H,5-9H2,1-4H3. The Bertz CT molecular complexity index is 315. The Labute approximate surface area is 104 Å². The van der Waals surface area contributed by atoms with Crippen LogP contribution in [0.25, 0.3) is 0 Å². The van der Waals surface area contributed by atoms with E-state index >= 15 is 0 Å². The van der Waals surface area contributed by atoms with E-state index in [2.05, 4.69) is 44.3 Å². The van der Waals surface area contributed by atoms with E-state index in [1.807, 2.05) is 10.9 Å². The fraction of sp³-hybridized carbons (Fsp3) is 0.769. The molecule has 0 radical (unpaired) electrons. The summed E-state index contributed by atoms with van der Waals surface area (Å²) in [6.07, 6.45) is 5.15. The molecular weight excluding hydrogens is 214 g/mol. The van der Waals surface area contributed by atoms with E-state index in [4.69, 9.17) is 4.74 Å². The topological polar surface area (TPSA) is 39.1 Å². The van der Waals surface area contributed by atoms with Crippen molar-refractivity contribution in [3.05, 3.63) is 18.0 Å². The number of rotatable bonds is 7. The van der Waals surface area contributed by atoms with Crippen molar-refractivity contribution in [2.75, 3.05) is 13.2 Å². The lowest BCUT2D eigenvalue weighted by Crippen LogP contribution is -2.22. The quantitative estimate of drug-likeness (QED) is 0.741. The number of nitrogens with zero attached hydrogens (tertiary/aromatic N) is 2. The highest BCUT2D eigenvalue weighted by Crippen LogP contribution is 2.06. The third-order valence-electron chi connectivity index (χ3n) is 2.30. The van der Waals surface area contributed by atoms with Crippen LogP contribution >= 0.6 is 0 Å². The first kappa shape index (κ1) is 14.2. The van der Waals surface area contributed by atoms with Gasteiger partial charge in [-0.2, -0.15) is 5.10 Å². The molecule has 0 saturated carbocycles. The number of nitrogens with one attached hydrogen (secondary N) is 1. The second kappa shape index (κ2) is 6.77. The molecule has 0 bridgehead atoms. The first-order valence-electron chi connectivity index (χ1n) is 6.37. The summed E-state index contributed by atoms with van der Waals surface area (Å²) in [5, 5.41) is 7.67. The minimum atomic E-state index is -0.0708. The molecule has 0 spiro atoms. The van der Waals surface area contributed by atoms with Gasteiger partial charge < -0.3 is 10.1 Å². The van der Waals surface area contributed by atoms with E-state index in [9.17, 15) is 0 Å². The molecule has 0 aliphatic carbocycles. The first-order chi connectivity index (χ1) is 8.01. The van der Waals surface area contributed by atoms with Gasteiger partial charge in [-0.05, 0) is 33.7 Å². The Morgan fingerprint density at radius 2 is 2.18 bits per heavy atom. The second-order valence-corrected chi connectivity index (χ2v) is 5.25. The van der Waals surface area contributed by atoms with E-state index < -0.39 is 0 Å². The Morgan fingerprint density at radius 1 is 1.41 bits per heavy atom. The van der Waals surface area contributed by atoms with Gasteiger partial charge in [0.05, 0.1) is 24.9 Å². The van der Waals surface area contributed by atoms with Crippen molar-refractivity contribution in [1.29, 1.82) is 0 Å². The molecule has 0 atom stereocenters. The lowest BCUT2D eigenvalue weighted by Gasteiger charge is -2.19. The van der Waals surface area contributed by atoms with Gasteiger partial charge in [-0.15, -0.1) is 0 Å². The molecule has 98 valence electrons. The van der Waals surface area contributed by atoms with E-state index in [-0.39, 0.29) is 5.60 Å². The third kappa shape index (κ3) is 6.44. The lowest BCUT2D eigenvalue weighted by molar-refractivity contribution is -0.00790. The van der Waals surface area contributed by atoms with Gasteiger partial charge in [0, 0.05) is 18.3 Å². The molecule has 4 nitrogen and oxygen atoms in total. The van der Waals surface area contributed by atoms with Crippen LogP contribution in [-0.2, 0) is 17.8 Å². The predicted octanol–water partition coefficient (Wildman–Crippen LogP) is 2.20. The maximum absolute atomic E-state index is 5.66. The van der Waals surface area contributed by atoms with Crippen molar-refractivity contribution in [3.63, 3.8) is 0 Å². The van der Waals surface area contributed by atoms with Gasteiger partial charge in [0.1, 0.15) is 0 Å². The van der Waals surface area contributed by atoms with Gasteiger partial charge in [-0.1, -0.05) is 6.92 Å². The van der Waals surface area contributed by atoms with Crippen molar-refractivity contribution in [2.24, 2.45) is 0 Å². The monoisotopic (exact) mass is 239 g/mol. The highest BCUT2D eigenvalue weighted by molar-refractivity contribution is 5.03. The average molecular weight is 239 g/mol. The first-order valence-corrected chi connectivity index (χ1v) is 6.37. The highest BCUT2D eigenvalue weighted by atomic mass is 16.5. The summed E-state index contributed by atoms with van der Waals surface area (Å²) in [5.74, 6) is 0. The minimum Gasteiger partial charge on any atom is -0.374 e. The van der Waals surface area contributed by atoms with Crippen molar-refractivity contribution in [1.82, 2.24) is 15.1 Å². The maximum atomic E-state index is 5.66. The minimum absolute atomic E-state index is 0.0708. The Morgan fingerprint density at radius 3 is 2.82 bits per heavy atom. The van der Waals surface area contributed by atoms with E-state index in [0.717, 1.165) is 26.1 Å². The van der Waals surface area contributed by atoms with Crippen molar-refractivity contribution < 1.29 is 4.74 Å². The fourth-order valence-electron chi connectivity index (χ4n) is 1.47. The molecule has 0 unspecified atom stereocenters. The largest absolute Gasteiger partial charge is 0.374 e. The Balaban J connectivity index is 2.26. The summed E-state index contributed by atoms with van der Waals surface area (Å²) >= 11 is 0. The second-order valence-electron chi connectivity index (χ2n) is 5.25. The van der Waals surface area contributed by atoms with Crippen LogP contribution in [0.4, 0.5) is 0 Å². The van der Waals surface area contributed by atoms with Crippen LogP contribution in [0.1, 0.15) is 39.7 Å². The van der Waals surface area contributed by atoms with Crippen LogP contribution in [-0.4, -0.2) is 28.5 Å². The van der Waals surface area contributed by atoms with Crippen LogP contribution < -0.4 is 5.32 Å². The van der Waals surface area contributed by atoms with Crippen molar-refractivity contribution >= 4 is 0 Å². The predicted molar refractivity (Wildman–Crippen MR) is 69.9 cm³/mol. The molecule has 1 N–H and O–H groups in total. The SMILES string of the molecule is CCCNCc1cnn(CCOC(C)(C)C)c1. The lowest BCUT2D eigenvalue weighted by atomic mass is 10.2. The average Bonchev–Trinajstić information content (AvgIpc) is 2.64. The van der Waals surface area contributed by atoms with Gasteiger partial charge in [0.2, 0.25) is 0 Å². The Hall–Kier alpha value is -0.870. The van der Waals surface area contributed by atoms with Gasteiger partial charge in [-0.25, -0.2) is 0 Å². The summed E-state index contributed by atoms with van der Waals surface area (Å²) in [6.45, 7) is 11.8. The third-order valence-corrected chi connectivity index (χ3v) is 2.30. The molecule has 0 fully saturated rings. The molecule has 0 aliphatic heterocycles. The number of ether oxygens (including phenoxy) is 1. The smallest absolute Gasteiger partial charge is 0.0669 e. The summed E-state index contributed by atoms with van der Waals surface area (Å²) in [7, 11) is 0. The molecule has 0 saturated heterocycles. The molecule has 1 aromatic rings. The number of hydrogen-bond acceptors (Lipinski definition) is 3. The molecule has 1 rings (SSSR count). The van der Waals surface area contributed by atoms with Crippen LogP contribution in [0.3, 0.4) is 0 Å². The Kier molecular flexibility index (Phi) is 5.65. The van der Waals surface area contributed by atoms with Crippen LogP contribution in [0.15, 0.2) is 12.4 Å². The van der Waals surface area contributed by atoms with E-state index in [1.54, 1.807) is 0 Å². The van der Waals surface area contributed by atoms with Gasteiger partial charge in [0.15, 0.2) is 0 Å². The number of aromatic nitrogens is 2. The van der Waals surface area contributed by atoms with Gasteiger partial charge in [-0.3, -0.25) is 4.68 Å². The normalized spacial score (nSPS) is 12.0. The van der Waals surface area contributed by atoms with E-state index in [1.165, 1.54) is 5.56 Å². The van der Waals surface area contributed by atoms with Crippen molar-refractivity contribution in [3.8, 4) is 0 Å². The summed E-state index contributed by atoms with van der Waals surface area (Å²) in [4.78, 5) is 0. The number of hydrogen-bond donors (Lipinski definition) is 1. The molecule has 1 aromatic heterocycles. The zero-order valence-corrected chi connectivity index (χ0v) is 11.5.